The summed E-state index contributed by atoms with van der Waals surface area (Å²) in [6.45, 7) is 0.303. The second kappa shape index (κ2) is 5.03. The van der Waals surface area contributed by atoms with E-state index in [9.17, 15) is 8.42 Å². The molecule has 0 aliphatic heterocycles. The summed E-state index contributed by atoms with van der Waals surface area (Å²) in [5.74, 6) is 0. The van der Waals surface area contributed by atoms with Crippen LogP contribution in [0, 0.1) is 0 Å². The van der Waals surface area contributed by atoms with Crippen LogP contribution in [-0.4, -0.2) is 18.7 Å². The zero-order chi connectivity index (χ0) is 13.3. The minimum Gasteiger partial charge on any atom is -0.256 e. The summed E-state index contributed by atoms with van der Waals surface area (Å²) in [5.41, 5.74) is 2.79. The first-order valence-corrected chi connectivity index (χ1v) is 8.61. The van der Waals surface area contributed by atoms with Crippen LogP contribution in [0.25, 0.3) is 11.3 Å². The van der Waals surface area contributed by atoms with Gasteiger partial charge in [0.2, 0.25) is 10.0 Å². The van der Waals surface area contributed by atoms with Crippen molar-refractivity contribution in [3.63, 3.8) is 0 Å². The van der Waals surface area contributed by atoms with Crippen LogP contribution in [0.5, 0.6) is 0 Å². The minimum atomic E-state index is -3.15. The van der Waals surface area contributed by atoms with Gasteiger partial charge in [-0.2, -0.15) is 11.3 Å². The minimum absolute atomic E-state index is 0.186. The van der Waals surface area contributed by atoms with Crippen LogP contribution >= 0.6 is 11.3 Å². The van der Waals surface area contributed by atoms with Gasteiger partial charge in [0.05, 0.1) is 10.9 Å². The molecule has 0 saturated heterocycles. The first kappa shape index (κ1) is 12.8. The highest BCUT2D eigenvalue weighted by Crippen LogP contribution is 2.28. The van der Waals surface area contributed by atoms with Crippen LogP contribution in [0.1, 0.15) is 18.4 Å². The van der Waals surface area contributed by atoms with Crippen molar-refractivity contribution >= 4 is 21.4 Å². The number of hydrogen-bond acceptors (Lipinski definition) is 4. The fourth-order valence-electron chi connectivity index (χ4n) is 1.91. The molecule has 0 amide bonds. The predicted molar refractivity (Wildman–Crippen MR) is 76.3 cm³/mol. The van der Waals surface area contributed by atoms with Crippen molar-refractivity contribution in [1.82, 2.24) is 9.71 Å². The van der Waals surface area contributed by atoms with Crippen LogP contribution < -0.4 is 4.72 Å². The Balaban J connectivity index is 1.81. The van der Waals surface area contributed by atoms with E-state index in [1.54, 1.807) is 17.5 Å². The Labute approximate surface area is 116 Å². The third kappa shape index (κ3) is 2.86. The average molecular weight is 294 g/mol. The second-order valence-corrected chi connectivity index (χ2v) is 7.41. The second-order valence-electron chi connectivity index (χ2n) is 4.59. The molecule has 0 bridgehead atoms. The molecule has 0 unspecified atom stereocenters. The molecular formula is C13H14N2O2S2. The zero-order valence-electron chi connectivity index (χ0n) is 10.2. The lowest BCUT2D eigenvalue weighted by Crippen LogP contribution is -2.27. The summed E-state index contributed by atoms with van der Waals surface area (Å²) in [6.07, 6.45) is 3.28. The topological polar surface area (TPSA) is 59.1 Å². The summed E-state index contributed by atoms with van der Waals surface area (Å²) < 4.78 is 26.3. The third-order valence-electron chi connectivity index (χ3n) is 3.11. The number of rotatable bonds is 5. The van der Waals surface area contributed by atoms with Crippen molar-refractivity contribution in [2.45, 2.75) is 24.6 Å². The fraction of sp³-hybridized carbons (Fsp3) is 0.308. The number of sulfonamides is 1. The smallest absolute Gasteiger partial charge is 0.214 e. The van der Waals surface area contributed by atoms with Gasteiger partial charge in [-0.3, -0.25) is 4.98 Å². The summed E-state index contributed by atoms with van der Waals surface area (Å²) in [5, 5.41) is 3.82. The highest BCUT2D eigenvalue weighted by molar-refractivity contribution is 7.90. The Kier molecular flexibility index (Phi) is 3.38. The maximum Gasteiger partial charge on any atom is 0.214 e. The van der Waals surface area contributed by atoms with Gasteiger partial charge in [-0.25, -0.2) is 13.1 Å². The van der Waals surface area contributed by atoms with Crippen molar-refractivity contribution < 1.29 is 8.42 Å². The molecule has 1 aliphatic rings. The largest absolute Gasteiger partial charge is 0.256 e. The molecule has 100 valence electrons. The molecule has 1 N–H and O–H groups in total. The normalized spacial score (nSPS) is 15.6. The lowest BCUT2D eigenvalue weighted by atomic mass is 10.1. The number of pyridine rings is 1. The number of aromatic nitrogens is 1. The Morgan fingerprint density at radius 2 is 2.21 bits per heavy atom. The molecule has 3 rings (SSSR count). The Hall–Kier alpha value is -1.24. The quantitative estimate of drug-likeness (QED) is 0.921. The lowest BCUT2D eigenvalue weighted by Gasteiger charge is -2.09. The molecule has 19 heavy (non-hydrogen) atoms. The summed E-state index contributed by atoms with van der Waals surface area (Å²) >= 11 is 1.60. The van der Waals surface area contributed by atoms with E-state index >= 15 is 0 Å². The van der Waals surface area contributed by atoms with Crippen LogP contribution in [0.4, 0.5) is 0 Å². The van der Waals surface area contributed by atoms with Crippen LogP contribution in [-0.2, 0) is 16.6 Å². The maximum absolute atomic E-state index is 11.8. The molecule has 2 aromatic rings. The van der Waals surface area contributed by atoms with Crippen molar-refractivity contribution in [3.8, 4) is 11.3 Å². The monoisotopic (exact) mass is 294 g/mol. The Morgan fingerprint density at radius 3 is 2.89 bits per heavy atom. The van der Waals surface area contributed by atoms with Crippen LogP contribution in [0.2, 0.25) is 0 Å². The van der Waals surface area contributed by atoms with Crippen molar-refractivity contribution in [3.05, 3.63) is 40.7 Å². The van der Waals surface area contributed by atoms with Gasteiger partial charge < -0.3 is 0 Å². The van der Waals surface area contributed by atoms with Gasteiger partial charge >= 0.3 is 0 Å². The molecule has 1 aliphatic carbocycles. The summed E-state index contributed by atoms with van der Waals surface area (Å²) in [4.78, 5) is 4.35. The molecule has 2 heterocycles. The van der Waals surface area contributed by atoms with E-state index in [0.717, 1.165) is 29.7 Å². The van der Waals surface area contributed by atoms with Crippen molar-refractivity contribution in [1.29, 1.82) is 0 Å². The molecule has 1 saturated carbocycles. The van der Waals surface area contributed by atoms with E-state index in [0.29, 0.717) is 6.54 Å². The Bertz CT molecular complexity index is 662. The summed E-state index contributed by atoms with van der Waals surface area (Å²) in [6, 6.07) is 5.73. The summed E-state index contributed by atoms with van der Waals surface area (Å²) in [7, 11) is -3.15. The third-order valence-corrected chi connectivity index (χ3v) is 5.69. The molecule has 0 aromatic carbocycles. The van der Waals surface area contributed by atoms with E-state index in [-0.39, 0.29) is 5.25 Å². The molecule has 0 atom stereocenters. The first-order chi connectivity index (χ1) is 9.17. The van der Waals surface area contributed by atoms with E-state index in [4.69, 9.17) is 0 Å². The molecular weight excluding hydrogens is 280 g/mol. The van der Waals surface area contributed by atoms with E-state index in [1.165, 1.54) is 0 Å². The molecule has 0 radical (unpaired) electrons. The first-order valence-electron chi connectivity index (χ1n) is 6.12. The highest BCUT2D eigenvalue weighted by Gasteiger charge is 2.35. The number of hydrogen-bond donors (Lipinski definition) is 1. The zero-order valence-corrected chi connectivity index (χ0v) is 11.9. The van der Waals surface area contributed by atoms with Crippen molar-refractivity contribution in [2.24, 2.45) is 0 Å². The van der Waals surface area contributed by atoms with Crippen LogP contribution in [0.15, 0.2) is 35.2 Å². The number of thiophene rings is 1. The van der Waals surface area contributed by atoms with Gasteiger partial charge in [0.15, 0.2) is 0 Å². The lowest BCUT2D eigenvalue weighted by molar-refractivity contribution is 0.580. The number of nitrogens with one attached hydrogen (secondary N) is 1. The van der Waals surface area contributed by atoms with Gasteiger partial charge in [0, 0.05) is 23.7 Å². The maximum atomic E-state index is 11.8. The van der Waals surface area contributed by atoms with Gasteiger partial charge in [0.1, 0.15) is 0 Å². The molecule has 4 nitrogen and oxygen atoms in total. The molecule has 1 fully saturated rings. The Morgan fingerprint density at radius 1 is 1.37 bits per heavy atom. The van der Waals surface area contributed by atoms with Crippen molar-refractivity contribution in [2.75, 3.05) is 0 Å². The average Bonchev–Trinajstić information content (AvgIpc) is 3.14. The SMILES string of the molecule is O=S(=O)(NCc1cccnc1-c1ccsc1)C1CC1. The van der Waals surface area contributed by atoms with Gasteiger partial charge in [-0.1, -0.05) is 6.07 Å². The fourth-order valence-corrected chi connectivity index (χ4v) is 3.90. The van der Waals surface area contributed by atoms with Crippen LogP contribution in [0.3, 0.4) is 0 Å². The van der Waals surface area contributed by atoms with Gasteiger partial charge in [-0.05, 0) is 35.9 Å². The molecule has 6 heteroatoms. The standard InChI is InChI=1S/C13H14N2O2S2/c16-19(17,12-3-4-12)15-8-10-2-1-6-14-13(10)11-5-7-18-9-11/h1-2,5-7,9,12,15H,3-4,8H2. The van der Waals surface area contributed by atoms with E-state index < -0.39 is 10.0 Å². The van der Waals surface area contributed by atoms with Gasteiger partial charge in [-0.15, -0.1) is 0 Å². The number of nitrogens with zero attached hydrogens (tertiary/aromatic N) is 1. The van der Waals surface area contributed by atoms with Gasteiger partial charge in [0.25, 0.3) is 0 Å². The molecule has 2 aromatic heterocycles. The van der Waals surface area contributed by atoms with E-state index in [2.05, 4.69) is 9.71 Å². The highest BCUT2D eigenvalue weighted by atomic mass is 32.2. The molecule has 0 spiro atoms. The predicted octanol–water partition coefficient (Wildman–Crippen LogP) is 2.39. The van der Waals surface area contributed by atoms with E-state index in [1.807, 2.05) is 29.0 Å².